The molecule has 0 aliphatic heterocycles. The Morgan fingerprint density at radius 3 is 0.778 bits per heavy atom. The van der Waals surface area contributed by atoms with E-state index in [9.17, 15) is 0 Å². The summed E-state index contributed by atoms with van der Waals surface area (Å²) in [7, 11) is 0. The van der Waals surface area contributed by atoms with Gasteiger partial charge >= 0.3 is 0 Å². The van der Waals surface area contributed by atoms with Crippen LogP contribution in [0.2, 0.25) is 0 Å². The van der Waals surface area contributed by atoms with Crippen LogP contribution in [0.4, 0.5) is 0 Å². The van der Waals surface area contributed by atoms with Crippen molar-refractivity contribution in [2.75, 3.05) is 0 Å². The first kappa shape index (κ1) is 61.8. The molecule has 0 aromatic heterocycles. The highest BCUT2D eigenvalue weighted by atomic mass is 14.1. The van der Waals surface area contributed by atoms with E-state index in [0.29, 0.717) is 0 Å². The van der Waals surface area contributed by atoms with Gasteiger partial charge < -0.3 is 0 Å². The molecule has 0 radical (unpaired) electrons. The van der Waals surface area contributed by atoms with Crippen LogP contribution in [-0.4, -0.2) is 0 Å². The lowest BCUT2D eigenvalue weighted by Gasteiger charge is -2.09. The molecular formula is C63H90. The molecule has 0 amide bonds. The summed E-state index contributed by atoms with van der Waals surface area (Å²) >= 11 is 0. The zero-order valence-corrected chi connectivity index (χ0v) is 43.7. The summed E-state index contributed by atoms with van der Waals surface area (Å²) in [5.41, 5.74) is 9.22. The second-order valence-electron chi connectivity index (χ2n) is 12.5. The van der Waals surface area contributed by atoms with Crippen molar-refractivity contribution in [3.8, 4) is 22.3 Å². The van der Waals surface area contributed by atoms with Crippen LogP contribution in [0, 0.1) is 13.8 Å². The number of hydrogen-bond donors (Lipinski definition) is 0. The summed E-state index contributed by atoms with van der Waals surface area (Å²) < 4.78 is 0. The minimum atomic E-state index is 1.10. The lowest BCUT2D eigenvalue weighted by Crippen LogP contribution is -1.83. The Morgan fingerprint density at radius 1 is 0.254 bits per heavy atom. The standard InChI is InChI=1S/C18H12.C15H16.C13H12.C3H8.7C2H6/c1-2-8-14-13(7-1)15-9-3-4-11-17(15)18-12-6-5-10-16(14)18;1-3-13-7-5-9-15(11-13)14-8-4-6-12(2)10-14;1-11-6-5-9-13(10-11)12-7-3-2-4-8-12;1-3-2;7*1-2/h1-12H;4-11H,3H2,1-2H3;2-10H,1H3;3H2,1-2H3;7*1-2H3. The molecular weight excluding hydrogens is 757 g/mol. The average molecular weight is 847 g/mol. The van der Waals surface area contributed by atoms with E-state index in [1.54, 1.807) is 0 Å². The molecule has 0 aliphatic rings. The maximum absolute atomic E-state index is 2.27. The van der Waals surface area contributed by atoms with Gasteiger partial charge in [0.25, 0.3) is 0 Å². The Morgan fingerprint density at radius 2 is 0.492 bits per heavy atom. The van der Waals surface area contributed by atoms with E-state index in [0.717, 1.165) is 6.42 Å². The molecule has 0 saturated carbocycles. The maximum Gasteiger partial charge on any atom is -0.00990 e. The fourth-order valence-electron chi connectivity index (χ4n) is 6.11. The van der Waals surface area contributed by atoms with Crippen molar-refractivity contribution in [1.29, 1.82) is 0 Å². The summed E-state index contributed by atoms with van der Waals surface area (Å²) in [4.78, 5) is 0. The third-order valence-corrected chi connectivity index (χ3v) is 8.46. The summed E-state index contributed by atoms with van der Waals surface area (Å²) in [6.07, 6.45) is 2.35. The fourth-order valence-corrected chi connectivity index (χ4v) is 6.11. The Bertz CT molecular complexity index is 2000. The second-order valence-corrected chi connectivity index (χ2v) is 12.5. The molecule has 0 atom stereocenters. The van der Waals surface area contributed by atoms with Crippen LogP contribution in [0.25, 0.3) is 54.6 Å². The predicted octanol–water partition coefficient (Wildman–Crippen LogP) is 21.6. The molecule has 0 heteroatoms. The van der Waals surface area contributed by atoms with Crippen LogP contribution < -0.4 is 0 Å². The fraction of sp³-hybridized carbons (Fsp3) is 0.333. The van der Waals surface area contributed by atoms with Gasteiger partial charge in [-0.15, -0.1) is 0 Å². The molecule has 0 N–H and O–H groups in total. The van der Waals surface area contributed by atoms with E-state index in [1.807, 2.05) is 103 Å². The molecule has 0 fully saturated rings. The first-order valence-electron chi connectivity index (χ1n) is 24.6. The van der Waals surface area contributed by atoms with Gasteiger partial charge in [-0.2, -0.15) is 0 Å². The van der Waals surface area contributed by atoms with E-state index < -0.39 is 0 Å². The molecule has 8 aromatic rings. The molecule has 0 heterocycles. The van der Waals surface area contributed by atoms with Gasteiger partial charge in [0, 0.05) is 0 Å². The first-order valence-corrected chi connectivity index (χ1v) is 24.6. The molecule has 8 rings (SSSR count). The third-order valence-electron chi connectivity index (χ3n) is 8.46. The smallest absolute Gasteiger partial charge is 0.00990 e. The lowest BCUT2D eigenvalue weighted by molar-refractivity contribution is 1.09. The molecule has 63 heavy (non-hydrogen) atoms. The van der Waals surface area contributed by atoms with Crippen molar-refractivity contribution in [3.05, 3.63) is 193 Å². The quantitative estimate of drug-likeness (QED) is 0.155. The molecule has 0 bridgehead atoms. The van der Waals surface area contributed by atoms with E-state index >= 15 is 0 Å². The average Bonchev–Trinajstić information content (AvgIpc) is 3.39. The SMILES string of the molecule is CC.CC.CC.CC.CC.CC.CC.CCC.CCc1cccc(-c2cccc(C)c2)c1.Cc1cccc(-c2ccccc2)c1.c1ccc2c(c1)c1ccccc1c1ccccc21. The predicted molar refractivity (Wildman–Crippen MR) is 297 cm³/mol. The molecule has 0 unspecified atom stereocenters. The van der Waals surface area contributed by atoms with Gasteiger partial charge in [-0.1, -0.05) is 311 Å². The Labute approximate surface area is 389 Å². The van der Waals surface area contributed by atoms with Crippen LogP contribution in [0.1, 0.15) is 141 Å². The van der Waals surface area contributed by atoms with Gasteiger partial charge in [-0.25, -0.2) is 0 Å². The zero-order valence-electron chi connectivity index (χ0n) is 43.7. The topological polar surface area (TPSA) is 0 Å². The monoisotopic (exact) mass is 847 g/mol. The van der Waals surface area contributed by atoms with Gasteiger partial charge in [0.1, 0.15) is 0 Å². The molecule has 8 aromatic carbocycles. The summed E-state index contributed by atoms with van der Waals surface area (Å²) in [6, 6.07) is 62.4. The highest BCUT2D eigenvalue weighted by molar-refractivity contribution is 6.25. The molecule has 0 aliphatic carbocycles. The number of hydrogen-bond acceptors (Lipinski definition) is 0. The molecule has 0 saturated heterocycles. The molecule has 342 valence electrons. The van der Waals surface area contributed by atoms with Crippen LogP contribution >= 0.6 is 0 Å². The number of fused-ring (bicyclic) bond motifs is 6. The summed E-state index contributed by atoms with van der Waals surface area (Å²) in [5.74, 6) is 0. The molecule has 0 spiro atoms. The van der Waals surface area contributed by atoms with Crippen LogP contribution in [0.15, 0.2) is 176 Å². The van der Waals surface area contributed by atoms with Crippen LogP contribution in [0.5, 0.6) is 0 Å². The van der Waals surface area contributed by atoms with Crippen molar-refractivity contribution < 1.29 is 0 Å². The van der Waals surface area contributed by atoms with E-state index in [1.165, 1.54) is 77.7 Å². The minimum Gasteiger partial charge on any atom is -0.0683 e. The van der Waals surface area contributed by atoms with Gasteiger partial charge in [0.2, 0.25) is 0 Å². The van der Waals surface area contributed by atoms with Crippen molar-refractivity contribution in [3.63, 3.8) is 0 Å². The number of rotatable bonds is 3. The largest absolute Gasteiger partial charge is 0.0683 e. The Kier molecular flexibility index (Phi) is 41.1. The second kappa shape index (κ2) is 41.9. The highest BCUT2D eigenvalue weighted by Crippen LogP contribution is 2.34. The van der Waals surface area contributed by atoms with Gasteiger partial charge in [0.15, 0.2) is 0 Å². The van der Waals surface area contributed by atoms with Crippen molar-refractivity contribution in [2.45, 2.75) is 144 Å². The first-order chi connectivity index (χ1) is 31.0. The number of benzene rings is 8. The number of aryl methyl sites for hydroxylation is 3. The van der Waals surface area contributed by atoms with E-state index in [4.69, 9.17) is 0 Å². The molecule has 0 nitrogen and oxygen atoms in total. The zero-order chi connectivity index (χ0) is 48.4. The normalized spacial score (nSPS) is 8.68. The van der Waals surface area contributed by atoms with Gasteiger partial charge in [0.05, 0.1) is 0 Å². The maximum atomic E-state index is 2.27. The minimum absolute atomic E-state index is 1.10. The highest BCUT2D eigenvalue weighted by Gasteiger charge is 2.06. The Hall–Kier alpha value is -5.46. The van der Waals surface area contributed by atoms with Crippen molar-refractivity contribution in [2.24, 2.45) is 0 Å². The van der Waals surface area contributed by atoms with E-state index in [-0.39, 0.29) is 0 Å². The van der Waals surface area contributed by atoms with Gasteiger partial charge in [-0.3, -0.25) is 0 Å². The summed E-state index contributed by atoms with van der Waals surface area (Å²) in [5, 5.41) is 8.04. The van der Waals surface area contributed by atoms with E-state index in [2.05, 4.69) is 204 Å². The third kappa shape index (κ3) is 21.9. The van der Waals surface area contributed by atoms with Crippen molar-refractivity contribution >= 4 is 32.3 Å². The van der Waals surface area contributed by atoms with Crippen LogP contribution in [-0.2, 0) is 6.42 Å². The lowest BCUT2D eigenvalue weighted by atomic mass is 9.95. The van der Waals surface area contributed by atoms with Crippen LogP contribution in [0.3, 0.4) is 0 Å². The Balaban J connectivity index is -0.000000737. The summed E-state index contributed by atoms with van der Waals surface area (Å²) in [6.45, 7) is 38.7. The van der Waals surface area contributed by atoms with Gasteiger partial charge in [-0.05, 0) is 80.4 Å². The van der Waals surface area contributed by atoms with Crippen molar-refractivity contribution in [1.82, 2.24) is 0 Å².